The summed E-state index contributed by atoms with van der Waals surface area (Å²) in [6.07, 6.45) is 5.90. The van der Waals surface area contributed by atoms with E-state index in [0.29, 0.717) is 0 Å². The van der Waals surface area contributed by atoms with Gasteiger partial charge in [-0.05, 0) is 26.3 Å². The number of thiazole rings is 1. The van der Waals surface area contributed by atoms with Crippen molar-refractivity contribution in [1.29, 1.82) is 0 Å². The quantitative estimate of drug-likeness (QED) is 0.899. The van der Waals surface area contributed by atoms with Crippen molar-refractivity contribution < 1.29 is 9.90 Å². The van der Waals surface area contributed by atoms with Crippen LogP contribution in [0.3, 0.4) is 0 Å². The van der Waals surface area contributed by atoms with E-state index in [9.17, 15) is 9.90 Å². The van der Waals surface area contributed by atoms with Gasteiger partial charge in [-0.1, -0.05) is 12.8 Å². The Bertz CT molecular complexity index is 392. The monoisotopic (exact) mass is 254 g/mol. The number of aliphatic carboxylic acids is 1. The zero-order valence-corrected chi connectivity index (χ0v) is 10.9. The Morgan fingerprint density at radius 3 is 3.06 bits per heavy atom. The van der Waals surface area contributed by atoms with E-state index in [1.807, 2.05) is 13.1 Å². The molecule has 1 aliphatic heterocycles. The van der Waals surface area contributed by atoms with Gasteiger partial charge in [-0.25, -0.2) is 4.98 Å². The summed E-state index contributed by atoms with van der Waals surface area (Å²) >= 11 is 1.66. The van der Waals surface area contributed by atoms with E-state index in [2.05, 4.69) is 9.88 Å². The van der Waals surface area contributed by atoms with Crippen molar-refractivity contribution >= 4 is 17.3 Å². The van der Waals surface area contributed by atoms with Crippen LogP contribution < -0.4 is 0 Å². The van der Waals surface area contributed by atoms with Crippen LogP contribution in [0.15, 0.2) is 6.20 Å². The second-order valence-electron chi connectivity index (χ2n) is 4.52. The van der Waals surface area contributed by atoms with Gasteiger partial charge >= 0.3 is 5.97 Å². The number of rotatable bonds is 3. The zero-order valence-electron chi connectivity index (χ0n) is 10.1. The fraction of sp³-hybridized carbons (Fsp3) is 0.667. The van der Waals surface area contributed by atoms with Crippen molar-refractivity contribution in [3.05, 3.63) is 16.1 Å². The molecule has 1 fully saturated rings. The molecule has 94 valence electrons. The average molecular weight is 254 g/mol. The lowest BCUT2D eigenvalue weighted by molar-refractivity contribution is -0.143. The Hall–Kier alpha value is -0.940. The van der Waals surface area contributed by atoms with Crippen molar-refractivity contribution in [2.45, 2.75) is 45.2 Å². The molecule has 1 aromatic rings. The van der Waals surface area contributed by atoms with Crippen molar-refractivity contribution in [2.24, 2.45) is 0 Å². The molecular weight excluding hydrogens is 236 g/mol. The fourth-order valence-corrected chi connectivity index (χ4v) is 3.14. The number of carboxylic acids is 1. The van der Waals surface area contributed by atoms with Gasteiger partial charge in [0.05, 0.1) is 5.01 Å². The van der Waals surface area contributed by atoms with Gasteiger partial charge < -0.3 is 5.11 Å². The summed E-state index contributed by atoms with van der Waals surface area (Å²) in [6.45, 7) is 3.58. The number of hydrogen-bond donors (Lipinski definition) is 1. The smallest absolute Gasteiger partial charge is 0.320 e. The van der Waals surface area contributed by atoms with Crippen LogP contribution in [0.2, 0.25) is 0 Å². The van der Waals surface area contributed by atoms with Gasteiger partial charge in [-0.15, -0.1) is 11.3 Å². The Labute approximate surface area is 105 Å². The lowest BCUT2D eigenvalue weighted by Crippen LogP contribution is -2.40. The predicted molar refractivity (Wildman–Crippen MR) is 67.2 cm³/mol. The molecule has 0 aromatic carbocycles. The minimum Gasteiger partial charge on any atom is -0.480 e. The van der Waals surface area contributed by atoms with E-state index in [1.54, 1.807) is 11.3 Å². The highest BCUT2D eigenvalue weighted by molar-refractivity contribution is 7.11. The summed E-state index contributed by atoms with van der Waals surface area (Å²) in [4.78, 5) is 18.7. The summed E-state index contributed by atoms with van der Waals surface area (Å²) in [5.41, 5.74) is 0. The topological polar surface area (TPSA) is 53.4 Å². The molecule has 1 aromatic heterocycles. The third kappa shape index (κ3) is 3.26. The fourth-order valence-electron chi connectivity index (χ4n) is 2.32. The largest absolute Gasteiger partial charge is 0.480 e. The number of aromatic nitrogens is 1. The molecule has 0 radical (unpaired) electrons. The SMILES string of the molecule is Cc1ncc(CN2CCCCCC2C(=O)O)s1. The van der Waals surface area contributed by atoms with E-state index in [1.165, 1.54) is 0 Å². The summed E-state index contributed by atoms with van der Waals surface area (Å²) in [6, 6.07) is -0.320. The van der Waals surface area contributed by atoms with Gasteiger partial charge in [0, 0.05) is 17.6 Å². The molecule has 0 aliphatic carbocycles. The van der Waals surface area contributed by atoms with Crippen molar-refractivity contribution in [2.75, 3.05) is 6.54 Å². The number of carboxylic acid groups (broad SMARTS) is 1. The van der Waals surface area contributed by atoms with E-state index in [4.69, 9.17) is 0 Å². The Kier molecular flexibility index (Phi) is 4.12. The molecule has 0 amide bonds. The van der Waals surface area contributed by atoms with Crippen LogP contribution in [0.1, 0.15) is 35.6 Å². The number of likely N-dealkylation sites (tertiary alicyclic amines) is 1. The molecule has 1 unspecified atom stereocenters. The van der Waals surface area contributed by atoms with Gasteiger partial charge in [0.1, 0.15) is 6.04 Å². The second-order valence-corrected chi connectivity index (χ2v) is 5.84. The van der Waals surface area contributed by atoms with Gasteiger partial charge in [-0.3, -0.25) is 9.69 Å². The lowest BCUT2D eigenvalue weighted by Gasteiger charge is -2.25. The molecule has 1 N–H and O–H groups in total. The number of aryl methyl sites for hydroxylation is 1. The Morgan fingerprint density at radius 1 is 1.59 bits per heavy atom. The molecule has 0 bridgehead atoms. The van der Waals surface area contributed by atoms with Crippen molar-refractivity contribution in [3.63, 3.8) is 0 Å². The van der Waals surface area contributed by atoms with Gasteiger partial charge in [0.2, 0.25) is 0 Å². The van der Waals surface area contributed by atoms with Gasteiger partial charge in [0.15, 0.2) is 0 Å². The number of carbonyl (C=O) groups is 1. The van der Waals surface area contributed by atoms with Gasteiger partial charge in [0.25, 0.3) is 0 Å². The third-order valence-corrected chi connectivity index (χ3v) is 4.07. The summed E-state index contributed by atoms with van der Waals surface area (Å²) in [5.74, 6) is -0.687. The molecule has 5 heteroatoms. The highest BCUT2D eigenvalue weighted by atomic mass is 32.1. The van der Waals surface area contributed by atoms with E-state index >= 15 is 0 Å². The molecule has 1 aliphatic rings. The second kappa shape index (κ2) is 5.60. The molecule has 2 heterocycles. The van der Waals surface area contributed by atoms with E-state index < -0.39 is 5.97 Å². The molecule has 2 rings (SSSR count). The summed E-state index contributed by atoms with van der Waals surface area (Å²) in [5, 5.41) is 10.3. The molecule has 1 atom stereocenters. The minimum atomic E-state index is -0.687. The van der Waals surface area contributed by atoms with Crippen LogP contribution in [0.5, 0.6) is 0 Å². The first kappa shape index (κ1) is 12.5. The number of hydrogen-bond acceptors (Lipinski definition) is 4. The zero-order chi connectivity index (χ0) is 12.3. The molecule has 17 heavy (non-hydrogen) atoms. The maximum Gasteiger partial charge on any atom is 0.320 e. The molecule has 1 saturated heterocycles. The highest BCUT2D eigenvalue weighted by Gasteiger charge is 2.27. The molecular formula is C12H18N2O2S. The molecule has 0 spiro atoms. The maximum atomic E-state index is 11.3. The predicted octanol–water partition coefficient (Wildman–Crippen LogP) is 2.28. The standard InChI is InChI=1S/C12H18N2O2S/c1-9-13-7-10(17-9)8-14-6-4-2-3-5-11(14)12(15)16/h7,11H,2-6,8H2,1H3,(H,15,16). The van der Waals surface area contributed by atoms with Crippen molar-refractivity contribution in [1.82, 2.24) is 9.88 Å². The van der Waals surface area contributed by atoms with Crippen LogP contribution in [-0.4, -0.2) is 33.5 Å². The first-order valence-corrected chi connectivity index (χ1v) is 6.86. The molecule has 0 saturated carbocycles. The first-order valence-electron chi connectivity index (χ1n) is 6.05. The van der Waals surface area contributed by atoms with Gasteiger partial charge in [-0.2, -0.15) is 0 Å². The Morgan fingerprint density at radius 2 is 2.41 bits per heavy atom. The number of nitrogens with zero attached hydrogens (tertiary/aromatic N) is 2. The van der Waals surface area contributed by atoms with Crippen LogP contribution in [0, 0.1) is 6.92 Å². The normalized spacial score (nSPS) is 22.3. The minimum absolute atomic E-state index is 0.320. The maximum absolute atomic E-state index is 11.3. The Balaban J connectivity index is 2.07. The van der Waals surface area contributed by atoms with Crippen molar-refractivity contribution in [3.8, 4) is 0 Å². The summed E-state index contributed by atoms with van der Waals surface area (Å²) < 4.78 is 0. The average Bonchev–Trinajstić information content (AvgIpc) is 2.55. The first-order chi connectivity index (χ1) is 8.16. The molecule has 4 nitrogen and oxygen atoms in total. The van der Waals surface area contributed by atoms with E-state index in [0.717, 1.165) is 48.7 Å². The van der Waals surface area contributed by atoms with Crippen LogP contribution in [0.4, 0.5) is 0 Å². The van der Waals surface area contributed by atoms with Crippen LogP contribution in [-0.2, 0) is 11.3 Å². The van der Waals surface area contributed by atoms with Crippen LogP contribution >= 0.6 is 11.3 Å². The third-order valence-electron chi connectivity index (χ3n) is 3.18. The highest BCUT2D eigenvalue weighted by Crippen LogP contribution is 2.21. The summed E-state index contributed by atoms with van der Waals surface area (Å²) in [7, 11) is 0. The van der Waals surface area contributed by atoms with Crippen LogP contribution in [0.25, 0.3) is 0 Å². The van der Waals surface area contributed by atoms with E-state index in [-0.39, 0.29) is 6.04 Å². The lowest BCUT2D eigenvalue weighted by atomic mass is 10.1.